The fourth-order valence-corrected chi connectivity index (χ4v) is 4.36. The number of urea groups is 1. The van der Waals surface area contributed by atoms with Gasteiger partial charge in [0.1, 0.15) is 11.6 Å². The first kappa shape index (κ1) is 24.4. The van der Waals surface area contributed by atoms with Crippen LogP contribution < -0.4 is 21.1 Å². The highest BCUT2D eigenvalue weighted by Gasteiger charge is 2.22. The summed E-state index contributed by atoms with van der Waals surface area (Å²) in [5, 5.41) is 5.24. The van der Waals surface area contributed by atoms with Gasteiger partial charge < -0.3 is 19.9 Å². The van der Waals surface area contributed by atoms with Crippen LogP contribution in [0.1, 0.15) is 12.6 Å². The Balaban J connectivity index is 1.56. The highest BCUT2D eigenvalue weighted by molar-refractivity contribution is 7.89. The highest BCUT2D eigenvalue weighted by atomic mass is 32.2. The van der Waals surface area contributed by atoms with Gasteiger partial charge in [0.2, 0.25) is 5.56 Å². The first-order valence-corrected chi connectivity index (χ1v) is 13.0. The van der Waals surface area contributed by atoms with Gasteiger partial charge in [-0.05, 0) is 37.3 Å². The highest BCUT2D eigenvalue weighted by Crippen LogP contribution is 2.25. The molecule has 3 aromatic rings. The SMILES string of the molecule is C[C@H]1COCCN1c1cc(CS(C)(=O)=O)nc(-c2ccc(NC(=O)Nc3cccc(=O)[nH]3)cc2)n1. The number of nitrogens with one attached hydrogen (secondary N) is 3. The number of hydrogen-bond donors (Lipinski definition) is 3. The molecule has 0 aliphatic carbocycles. The normalized spacial score (nSPS) is 16.1. The molecule has 1 aromatic carbocycles. The summed E-state index contributed by atoms with van der Waals surface area (Å²) in [6.07, 6.45) is 1.17. The van der Waals surface area contributed by atoms with E-state index in [4.69, 9.17) is 9.72 Å². The van der Waals surface area contributed by atoms with E-state index in [1.165, 1.54) is 18.4 Å². The number of amides is 2. The van der Waals surface area contributed by atoms with Crippen LogP contribution in [0.2, 0.25) is 0 Å². The van der Waals surface area contributed by atoms with E-state index in [0.717, 1.165) is 0 Å². The minimum Gasteiger partial charge on any atom is -0.377 e. The lowest BCUT2D eigenvalue weighted by molar-refractivity contribution is 0.0985. The maximum Gasteiger partial charge on any atom is 0.324 e. The average molecular weight is 499 g/mol. The van der Waals surface area contributed by atoms with Crippen molar-refractivity contribution >= 4 is 33.2 Å². The summed E-state index contributed by atoms with van der Waals surface area (Å²) in [6.45, 7) is 3.78. The maximum atomic E-state index is 12.2. The molecular formula is C23H26N6O5S. The number of benzene rings is 1. The molecule has 11 nitrogen and oxygen atoms in total. The molecular weight excluding hydrogens is 472 g/mol. The van der Waals surface area contributed by atoms with Gasteiger partial charge in [0, 0.05) is 36.2 Å². The first-order valence-electron chi connectivity index (χ1n) is 10.9. The fourth-order valence-electron chi connectivity index (χ4n) is 3.68. The third-order valence-corrected chi connectivity index (χ3v) is 6.08. The van der Waals surface area contributed by atoms with Crippen LogP contribution in [-0.2, 0) is 20.3 Å². The molecule has 1 aliphatic heterocycles. The fraction of sp³-hybridized carbons (Fsp3) is 0.304. The second kappa shape index (κ2) is 10.2. The van der Waals surface area contributed by atoms with Crippen molar-refractivity contribution in [2.24, 2.45) is 0 Å². The number of carbonyl (C=O) groups excluding carboxylic acids is 1. The van der Waals surface area contributed by atoms with E-state index in [1.807, 2.05) is 6.92 Å². The Hall–Kier alpha value is -3.77. The average Bonchev–Trinajstić information content (AvgIpc) is 2.78. The van der Waals surface area contributed by atoms with E-state index in [2.05, 4.69) is 25.5 Å². The number of nitrogens with zero attached hydrogens (tertiary/aromatic N) is 3. The van der Waals surface area contributed by atoms with Gasteiger partial charge in [-0.25, -0.2) is 23.2 Å². The second-order valence-electron chi connectivity index (χ2n) is 8.31. The van der Waals surface area contributed by atoms with Crippen LogP contribution in [0, 0.1) is 0 Å². The van der Waals surface area contributed by atoms with Crippen molar-refractivity contribution in [3.05, 3.63) is 64.6 Å². The van der Waals surface area contributed by atoms with Crippen molar-refractivity contribution in [3.63, 3.8) is 0 Å². The predicted molar refractivity (Wildman–Crippen MR) is 133 cm³/mol. The summed E-state index contributed by atoms with van der Waals surface area (Å²) in [7, 11) is -3.30. The van der Waals surface area contributed by atoms with Crippen LogP contribution in [-0.4, -0.2) is 61.5 Å². The molecule has 1 aliphatic rings. The molecule has 0 radical (unpaired) electrons. The van der Waals surface area contributed by atoms with E-state index in [0.29, 0.717) is 48.3 Å². The van der Waals surface area contributed by atoms with Crippen molar-refractivity contribution in [2.75, 3.05) is 41.5 Å². The number of sulfone groups is 1. The van der Waals surface area contributed by atoms with E-state index in [9.17, 15) is 18.0 Å². The molecule has 35 heavy (non-hydrogen) atoms. The predicted octanol–water partition coefficient (Wildman–Crippen LogP) is 2.25. The molecule has 0 spiro atoms. The standard InChI is InChI=1S/C23H26N6O5S/c1-15-13-34-11-10-29(15)20-12-18(14-35(2,32)33)24-22(28-20)16-6-8-17(9-7-16)25-23(31)27-19-4-3-5-21(30)26-19/h3-9,12,15H,10-11,13-14H2,1-2H3,(H3,25,26,27,30,31)/t15-/m0/s1. The van der Waals surface area contributed by atoms with Crippen LogP contribution in [0.25, 0.3) is 11.4 Å². The summed E-state index contributed by atoms with van der Waals surface area (Å²) >= 11 is 0. The molecule has 3 N–H and O–H groups in total. The van der Waals surface area contributed by atoms with Gasteiger partial charge in [-0.1, -0.05) is 6.07 Å². The lowest BCUT2D eigenvalue weighted by atomic mass is 10.2. The van der Waals surface area contributed by atoms with Crippen LogP contribution in [0.3, 0.4) is 0 Å². The Morgan fingerprint density at radius 1 is 1.17 bits per heavy atom. The first-order chi connectivity index (χ1) is 16.7. The Morgan fingerprint density at radius 3 is 2.63 bits per heavy atom. The van der Waals surface area contributed by atoms with Gasteiger partial charge in [-0.2, -0.15) is 0 Å². The Kier molecular flexibility index (Phi) is 7.12. The van der Waals surface area contributed by atoms with E-state index in [1.54, 1.807) is 36.4 Å². The molecule has 4 rings (SSSR count). The van der Waals surface area contributed by atoms with Crippen LogP contribution in [0.4, 0.5) is 22.1 Å². The number of morpholine rings is 1. The van der Waals surface area contributed by atoms with Crippen molar-refractivity contribution < 1.29 is 17.9 Å². The van der Waals surface area contributed by atoms with E-state index >= 15 is 0 Å². The molecule has 184 valence electrons. The molecule has 0 bridgehead atoms. The zero-order chi connectivity index (χ0) is 25.0. The quantitative estimate of drug-likeness (QED) is 0.469. The summed E-state index contributed by atoms with van der Waals surface area (Å²) in [6, 6.07) is 12.6. The van der Waals surface area contributed by atoms with E-state index in [-0.39, 0.29) is 23.2 Å². The minimum atomic E-state index is -3.30. The minimum absolute atomic E-state index is 0.0854. The number of rotatable bonds is 6. The smallest absolute Gasteiger partial charge is 0.324 e. The van der Waals surface area contributed by atoms with Gasteiger partial charge >= 0.3 is 6.03 Å². The second-order valence-corrected chi connectivity index (χ2v) is 10.5. The number of aromatic nitrogens is 3. The molecule has 12 heteroatoms. The van der Waals surface area contributed by atoms with Crippen molar-refractivity contribution in [2.45, 2.75) is 18.7 Å². The number of ether oxygens (including phenoxy) is 1. The topological polar surface area (TPSA) is 146 Å². The summed E-state index contributed by atoms with van der Waals surface area (Å²) in [5.74, 6) is 1.10. The van der Waals surface area contributed by atoms with Crippen LogP contribution in [0.15, 0.2) is 53.3 Å². The molecule has 1 saturated heterocycles. The molecule has 0 unspecified atom stereocenters. The number of hydrogen-bond acceptors (Lipinski definition) is 8. The van der Waals surface area contributed by atoms with Gasteiger partial charge in [0.25, 0.3) is 0 Å². The molecule has 1 fully saturated rings. The number of pyridine rings is 1. The number of carbonyl (C=O) groups is 1. The third kappa shape index (κ3) is 6.64. The zero-order valence-corrected chi connectivity index (χ0v) is 20.1. The lowest BCUT2D eigenvalue weighted by Crippen LogP contribution is -2.44. The van der Waals surface area contributed by atoms with Gasteiger partial charge in [-0.3, -0.25) is 10.1 Å². The van der Waals surface area contributed by atoms with Gasteiger partial charge in [-0.15, -0.1) is 0 Å². The Morgan fingerprint density at radius 2 is 1.94 bits per heavy atom. The third-order valence-electron chi connectivity index (χ3n) is 5.26. The number of H-pyrrole nitrogens is 1. The van der Waals surface area contributed by atoms with Crippen molar-refractivity contribution in [1.82, 2.24) is 15.0 Å². The number of anilines is 3. The maximum absolute atomic E-state index is 12.2. The molecule has 1 atom stereocenters. The van der Waals surface area contributed by atoms with Gasteiger partial charge in [0.05, 0.1) is 30.7 Å². The summed E-state index contributed by atoms with van der Waals surface area (Å²) in [4.78, 5) is 37.4. The van der Waals surface area contributed by atoms with Crippen molar-refractivity contribution in [3.8, 4) is 11.4 Å². The largest absolute Gasteiger partial charge is 0.377 e. The molecule has 2 amide bonds. The molecule has 0 saturated carbocycles. The Labute approximate surface area is 202 Å². The summed E-state index contributed by atoms with van der Waals surface area (Å²) in [5.41, 5.74) is 1.26. The number of aromatic amines is 1. The monoisotopic (exact) mass is 498 g/mol. The van der Waals surface area contributed by atoms with Crippen molar-refractivity contribution in [1.29, 1.82) is 0 Å². The zero-order valence-electron chi connectivity index (χ0n) is 19.3. The van der Waals surface area contributed by atoms with Gasteiger partial charge in [0.15, 0.2) is 15.7 Å². The Bertz CT molecular complexity index is 1370. The lowest BCUT2D eigenvalue weighted by Gasteiger charge is -2.34. The molecule has 2 aromatic heterocycles. The van der Waals surface area contributed by atoms with Crippen LogP contribution in [0.5, 0.6) is 0 Å². The van der Waals surface area contributed by atoms with Crippen LogP contribution >= 0.6 is 0 Å². The summed E-state index contributed by atoms with van der Waals surface area (Å²) < 4.78 is 29.4. The van der Waals surface area contributed by atoms with E-state index < -0.39 is 15.9 Å². The molecule has 3 heterocycles.